The number of aromatic amines is 2. The predicted molar refractivity (Wildman–Crippen MR) is 97.0 cm³/mol. The van der Waals surface area contributed by atoms with E-state index in [0.717, 1.165) is 0 Å². The third kappa shape index (κ3) is 4.78. The van der Waals surface area contributed by atoms with Crippen LogP contribution >= 0.6 is 0 Å². The lowest BCUT2D eigenvalue weighted by molar-refractivity contribution is -0.122. The maximum atomic E-state index is 13.2. The lowest BCUT2D eigenvalue weighted by Crippen LogP contribution is -2.28. The fraction of sp³-hybridized carbons (Fsp3) is 0.222. The number of hydrogen-bond acceptors (Lipinski definition) is 4. The monoisotopic (exact) mass is 374 g/mol. The standard InChI is InChI=1S/C17H17FN4O2.CH2O2/c1-3-12-11(5-7-16(23)21-12)17(24)22(2)9-15-19-13-6-4-10(18)8-14(13)20-15;2-1-3/h4-8H,3,9H2,1-2H3,(H,19,20)(H,21,23);1H,(H,2,3). The molecule has 0 saturated carbocycles. The number of rotatable bonds is 4. The van der Waals surface area contributed by atoms with Crippen molar-refractivity contribution in [2.45, 2.75) is 19.9 Å². The third-order valence-electron chi connectivity index (χ3n) is 3.81. The number of aryl methyl sites for hydroxylation is 1. The Morgan fingerprint density at radius 3 is 2.67 bits per heavy atom. The first-order chi connectivity index (χ1) is 12.9. The van der Waals surface area contributed by atoms with Crippen LogP contribution in [0.25, 0.3) is 11.0 Å². The molecule has 2 aromatic heterocycles. The average Bonchev–Trinajstić information content (AvgIpc) is 3.02. The zero-order valence-corrected chi connectivity index (χ0v) is 14.8. The van der Waals surface area contributed by atoms with Gasteiger partial charge in [0.05, 0.1) is 23.1 Å². The van der Waals surface area contributed by atoms with Gasteiger partial charge in [0, 0.05) is 18.8 Å². The van der Waals surface area contributed by atoms with Crippen LogP contribution in [0.15, 0.2) is 35.1 Å². The number of pyridine rings is 1. The number of nitrogens with one attached hydrogen (secondary N) is 2. The number of carboxylic acid groups (broad SMARTS) is 1. The van der Waals surface area contributed by atoms with Gasteiger partial charge in [-0.15, -0.1) is 0 Å². The van der Waals surface area contributed by atoms with Crippen LogP contribution in [0.3, 0.4) is 0 Å². The second-order valence-electron chi connectivity index (χ2n) is 5.68. The molecule has 142 valence electrons. The SMILES string of the molecule is CCc1[nH]c(=O)ccc1C(=O)N(C)Cc1nc2ccc(F)cc2[nH]1.O=CO. The van der Waals surface area contributed by atoms with Gasteiger partial charge in [-0.1, -0.05) is 6.92 Å². The van der Waals surface area contributed by atoms with Crippen molar-refractivity contribution >= 4 is 23.4 Å². The van der Waals surface area contributed by atoms with Gasteiger partial charge in [0.25, 0.3) is 12.4 Å². The number of carbonyl (C=O) groups excluding carboxylic acids is 1. The average molecular weight is 374 g/mol. The molecular weight excluding hydrogens is 355 g/mol. The molecule has 1 amide bonds. The molecule has 0 fully saturated rings. The van der Waals surface area contributed by atoms with Gasteiger partial charge < -0.3 is 20.0 Å². The first-order valence-electron chi connectivity index (χ1n) is 8.09. The van der Waals surface area contributed by atoms with Crippen LogP contribution in [-0.4, -0.2) is 44.4 Å². The zero-order valence-electron chi connectivity index (χ0n) is 14.8. The van der Waals surface area contributed by atoms with Crippen LogP contribution < -0.4 is 5.56 Å². The quantitative estimate of drug-likeness (QED) is 0.603. The Labute approximate surface area is 153 Å². The first kappa shape index (κ1) is 19.8. The number of imidazole rings is 1. The summed E-state index contributed by atoms with van der Waals surface area (Å²) in [6.45, 7) is 1.87. The summed E-state index contributed by atoms with van der Waals surface area (Å²) in [7, 11) is 1.65. The molecule has 0 aliphatic heterocycles. The molecule has 0 aliphatic rings. The van der Waals surface area contributed by atoms with E-state index in [4.69, 9.17) is 9.90 Å². The van der Waals surface area contributed by atoms with Gasteiger partial charge in [0.1, 0.15) is 11.6 Å². The third-order valence-corrected chi connectivity index (χ3v) is 3.81. The summed E-state index contributed by atoms with van der Waals surface area (Å²) in [4.78, 5) is 43.9. The highest BCUT2D eigenvalue weighted by Crippen LogP contribution is 2.15. The lowest BCUT2D eigenvalue weighted by Gasteiger charge is -2.17. The summed E-state index contributed by atoms with van der Waals surface area (Å²) >= 11 is 0. The van der Waals surface area contributed by atoms with Crippen LogP contribution in [0.1, 0.15) is 28.8 Å². The summed E-state index contributed by atoms with van der Waals surface area (Å²) in [5.74, 6) is 0.00613. The molecule has 27 heavy (non-hydrogen) atoms. The molecule has 0 spiro atoms. The normalized spacial score (nSPS) is 10.2. The molecule has 2 heterocycles. The highest BCUT2D eigenvalue weighted by atomic mass is 19.1. The summed E-state index contributed by atoms with van der Waals surface area (Å²) in [5.41, 5.74) is 2.06. The van der Waals surface area contributed by atoms with Crippen molar-refractivity contribution in [3.05, 3.63) is 63.6 Å². The van der Waals surface area contributed by atoms with Gasteiger partial charge in [0.2, 0.25) is 5.56 Å². The second-order valence-corrected chi connectivity index (χ2v) is 5.68. The molecular formula is C18H19FN4O4. The zero-order chi connectivity index (χ0) is 20.0. The van der Waals surface area contributed by atoms with Crippen molar-refractivity contribution in [1.29, 1.82) is 0 Å². The predicted octanol–water partition coefficient (Wildman–Crippen LogP) is 1.93. The Hall–Kier alpha value is -3.49. The van der Waals surface area contributed by atoms with Crippen LogP contribution in [0, 0.1) is 5.82 Å². The maximum Gasteiger partial charge on any atom is 0.290 e. The number of carbonyl (C=O) groups is 2. The van der Waals surface area contributed by atoms with Gasteiger partial charge >= 0.3 is 0 Å². The number of amides is 1. The van der Waals surface area contributed by atoms with E-state index >= 15 is 0 Å². The van der Waals surface area contributed by atoms with E-state index < -0.39 is 0 Å². The summed E-state index contributed by atoms with van der Waals surface area (Å²) < 4.78 is 13.2. The molecule has 3 aromatic rings. The Morgan fingerprint density at radius 2 is 2.00 bits per heavy atom. The molecule has 0 saturated heterocycles. The van der Waals surface area contributed by atoms with Crippen molar-refractivity contribution in [3.63, 3.8) is 0 Å². The van der Waals surface area contributed by atoms with E-state index in [-0.39, 0.29) is 30.3 Å². The van der Waals surface area contributed by atoms with E-state index in [1.54, 1.807) is 13.1 Å². The van der Waals surface area contributed by atoms with Crippen molar-refractivity contribution in [3.8, 4) is 0 Å². The van der Waals surface area contributed by atoms with Gasteiger partial charge in [-0.2, -0.15) is 0 Å². The van der Waals surface area contributed by atoms with Crippen molar-refractivity contribution < 1.29 is 19.1 Å². The summed E-state index contributed by atoms with van der Waals surface area (Å²) in [5, 5.41) is 6.89. The van der Waals surface area contributed by atoms with E-state index in [1.165, 1.54) is 29.2 Å². The second kappa shape index (κ2) is 8.75. The van der Waals surface area contributed by atoms with E-state index in [1.807, 2.05) is 6.92 Å². The van der Waals surface area contributed by atoms with Gasteiger partial charge in [0.15, 0.2) is 0 Å². The Morgan fingerprint density at radius 1 is 1.30 bits per heavy atom. The molecule has 3 rings (SSSR count). The Bertz CT molecular complexity index is 1010. The molecule has 0 bridgehead atoms. The molecule has 3 N–H and O–H groups in total. The first-order valence-corrected chi connectivity index (χ1v) is 8.09. The minimum absolute atomic E-state index is 0.213. The van der Waals surface area contributed by atoms with E-state index in [0.29, 0.717) is 34.5 Å². The topological polar surface area (TPSA) is 119 Å². The van der Waals surface area contributed by atoms with E-state index in [9.17, 15) is 14.0 Å². The molecule has 1 aromatic carbocycles. The molecule has 0 aliphatic carbocycles. The molecule has 9 heteroatoms. The van der Waals surface area contributed by atoms with Crippen molar-refractivity contribution in [2.24, 2.45) is 0 Å². The van der Waals surface area contributed by atoms with Crippen molar-refractivity contribution in [1.82, 2.24) is 19.9 Å². The van der Waals surface area contributed by atoms with Gasteiger partial charge in [-0.05, 0) is 30.7 Å². The van der Waals surface area contributed by atoms with Crippen molar-refractivity contribution in [2.75, 3.05) is 7.05 Å². The number of nitrogens with zero attached hydrogens (tertiary/aromatic N) is 2. The number of halogens is 1. The number of H-pyrrole nitrogens is 2. The largest absolute Gasteiger partial charge is 0.483 e. The van der Waals surface area contributed by atoms with Crippen LogP contribution in [0.2, 0.25) is 0 Å². The smallest absolute Gasteiger partial charge is 0.290 e. The highest BCUT2D eigenvalue weighted by molar-refractivity contribution is 5.95. The Kier molecular flexibility index (Phi) is 6.42. The van der Waals surface area contributed by atoms with Gasteiger partial charge in [-0.3, -0.25) is 14.4 Å². The minimum Gasteiger partial charge on any atom is -0.483 e. The number of hydrogen-bond donors (Lipinski definition) is 3. The molecule has 0 unspecified atom stereocenters. The van der Waals surface area contributed by atoms with Crippen LogP contribution in [0.5, 0.6) is 0 Å². The minimum atomic E-state index is -0.344. The summed E-state index contributed by atoms with van der Waals surface area (Å²) in [6.07, 6.45) is 0.551. The molecule has 0 radical (unpaired) electrons. The number of aromatic nitrogens is 3. The van der Waals surface area contributed by atoms with Gasteiger partial charge in [-0.25, -0.2) is 9.37 Å². The number of fused-ring (bicyclic) bond motifs is 1. The lowest BCUT2D eigenvalue weighted by atomic mass is 10.1. The van der Waals surface area contributed by atoms with E-state index in [2.05, 4.69) is 15.0 Å². The van der Waals surface area contributed by atoms with Crippen LogP contribution in [-0.2, 0) is 17.8 Å². The van der Waals surface area contributed by atoms with Crippen LogP contribution in [0.4, 0.5) is 4.39 Å². The highest BCUT2D eigenvalue weighted by Gasteiger charge is 2.17. The Balaban J connectivity index is 0.000000817. The molecule has 0 atom stereocenters. The number of benzene rings is 1. The molecule has 8 nitrogen and oxygen atoms in total. The fourth-order valence-electron chi connectivity index (χ4n) is 2.61. The fourth-order valence-corrected chi connectivity index (χ4v) is 2.61. The summed E-state index contributed by atoms with van der Waals surface area (Å²) in [6, 6.07) is 7.17. The maximum absolute atomic E-state index is 13.2.